The van der Waals surface area contributed by atoms with Gasteiger partial charge >= 0.3 is 0 Å². The molecule has 0 aliphatic carbocycles. The minimum Gasteiger partial charge on any atom is -0.464 e. The highest BCUT2D eigenvalue weighted by atomic mass is 32.2. The Labute approximate surface area is 144 Å². The summed E-state index contributed by atoms with van der Waals surface area (Å²) in [6, 6.07) is 20.2. The standard InChI is InChI=1S/C21H16O2S/c1-14-6-9-17(10-7-14)24-20(22)12-16-13-23-19-11-8-15-4-2-3-5-18(15)21(16)19/h2-11,13H,12H2,1H3. The number of benzene rings is 3. The highest BCUT2D eigenvalue weighted by Gasteiger charge is 2.14. The normalized spacial score (nSPS) is 11.2. The Morgan fingerprint density at radius 3 is 2.62 bits per heavy atom. The van der Waals surface area contributed by atoms with E-state index in [0.717, 1.165) is 32.2 Å². The third-order valence-electron chi connectivity index (χ3n) is 4.13. The minimum absolute atomic E-state index is 0.120. The number of hydrogen-bond donors (Lipinski definition) is 0. The van der Waals surface area contributed by atoms with Crippen LogP contribution in [0.15, 0.2) is 76.2 Å². The van der Waals surface area contributed by atoms with E-state index < -0.39 is 0 Å². The van der Waals surface area contributed by atoms with Crippen molar-refractivity contribution >= 4 is 38.6 Å². The maximum Gasteiger partial charge on any atom is 0.198 e. The van der Waals surface area contributed by atoms with Crippen molar-refractivity contribution < 1.29 is 9.21 Å². The third-order valence-corrected chi connectivity index (χ3v) is 5.01. The number of thioether (sulfide) groups is 1. The summed E-state index contributed by atoms with van der Waals surface area (Å²) in [4.78, 5) is 13.4. The van der Waals surface area contributed by atoms with Crippen molar-refractivity contribution in [2.24, 2.45) is 0 Å². The molecule has 0 amide bonds. The van der Waals surface area contributed by atoms with Crippen molar-refractivity contribution in [2.45, 2.75) is 18.2 Å². The van der Waals surface area contributed by atoms with Gasteiger partial charge in [-0.3, -0.25) is 4.79 Å². The minimum atomic E-state index is 0.120. The van der Waals surface area contributed by atoms with Crippen LogP contribution >= 0.6 is 11.8 Å². The molecule has 0 saturated carbocycles. The van der Waals surface area contributed by atoms with Gasteiger partial charge in [0.2, 0.25) is 0 Å². The monoisotopic (exact) mass is 332 g/mol. The highest BCUT2D eigenvalue weighted by molar-refractivity contribution is 8.13. The fourth-order valence-electron chi connectivity index (χ4n) is 2.93. The SMILES string of the molecule is Cc1ccc(SC(=O)Cc2coc3ccc4ccccc4c23)cc1. The van der Waals surface area contributed by atoms with Gasteiger partial charge in [0.1, 0.15) is 5.58 Å². The summed E-state index contributed by atoms with van der Waals surface area (Å²) < 4.78 is 5.66. The number of carbonyl (C=O) groups is 1. The number of hydrogen-bond acceptors (Lipinski definition) is 3. The lowest BCUT2D eigenvalue weighted by molar-refractivity contribution is -0.110. The zero-order valence-electron chi connectivity index (χ0n) is 13.3. The number of fused-ring (bicyclic) bond motifs is 3. The number of furan rings is 1. The predicted molar refractivity (Wildman–Crippen MR) is 99.5 cm³/mol. The van der Waals surface area contributed by atoms with Crippen molar-refractivity contribution in [1.82, 2.24) is 0 Å². The lowest BCUT2D eigenvalue weighted by Gasteiger charge is -2.03. The average molecular weight is 332 g/mol. The zero-order chi connectivity index (χ0) is 16.5. The van der Waals surface area contributed by atoms with E-state index in [0.29, 0.717) is 6.42 Å². The predicted octanol–water partition coefficient (Wildman–Crippen LogP) is 5.76. The maximum atomic E-state index is 12.5. The van der Waals surface area contributed by atoms with Gasteiger partial charge in [-0.25, -0.2) is 0 Å². The van der Waals surface area contributed by atoms with Crippen LogP contribution in [0.3, 0.4) is 0 Å². The van der Waals surface area contributed by atoms with Crippen molar-refractivity contribution in [3.05, 3.63) is 78.1 Å². The molecule has 4 aromatic rings. The molecule has 1 heterocycles. The molecule has 0 unspecified atom stereocenters. The first-order valence-corrected chi connectivity index (χ1v) is 8.67. The van der Waals surface area contributed by atoms with Crippen molar-refractivity contribution in [2.75, 3.05) is 0 Å². The molecule has 0 radical (unpaired) electrons. The van der Waals surface area contributed by atoms with Crippen LogP contribution in [-0.4, -0.2) is 5.12 Å². The Hall–Kier alpha value is -2.52. The largest absolute Gasteiger partial charge is 0.464 e. The van der Waals surface area contributed by atoms with Gasteiger partial charge in [0, 0.05) is 22.3 Å². The van der Waals surface area contributed by atoms with E-state index in [9.17, 15) is 4.79 Å². The van der Waals surface area contributed by atoms with Crippen molar-refractivity contribution in [3.63, 3.8) is 0 Å². The van der Waals surface area contributed by atoms with Gasteiger partial charge in [0.05, 0.1) is 6.26 Å². The van der Waals surface area contributed by atoms with E-state index in [1.165, 1.54) is 17.3 Å². The Morgan fingerprint density at radius 2 is 1.79 bits per heavy atom. The molecule has 24 heavy (non-hydrogen) atoms. The molecule has 0 saturated heterocycles. The first-order chi connectivity index (χ1) is 11.7. The van der Waals surface area contributed by atoms with Gasteiger partial charge in [-0.2, -0.15) is 0 Å². The van der Waals surface area contributed by atoms with Crippen LogP contribution in [0.25, 0.3) is 21.7 Å². The molecule has 0 aliphatic rings. The summed E-state index contributed by atoms with van der Waals surface area (Å²) in [5, 5.41) is 3.46. The summed E-state index contributed by atoms with van der Waals surface area (Å²) in [6.07, 6.45) is 2.07. The molecular weight excluding hydrogens is 316 g/mol. The van der Waals surface area contributed by atoms with Gasteiger partial charge in [0.25, 0.3) is 0 Å². The van der Waals surface area contributed by atoms with Crippen LogP contribution in [0.5, 0.6) is 0 Å². The van der Waals surface area contributed by atoms with Crippen LogP contribution in [-0.2, 0) is 11.2 Å². The number of aryl methyl sites for hydroxylation is 1. The Kier molecular flexibility index (Phi) is 3.87. The van der Waals surface area contributed by atoms with E-state index >= 15 is 0 Å². The molecule has 3 heteroatoms. The van der Waals surface area contributed by atoms with E-state index in [1.54, 1.807) is 6.26 Å². The second-order valence-corrected chi connectivity index (χ2v) is 7.02. The summed E-state index contributed by atoms with van der Waals surface area (Å²) in [5.41, 5.74) is 2.97. The fraction of sp³-hybridized carbons (Fsp3) is 0.0952. The average Bonchev–Trinajstić information content (AvgIpc) is 3.00. The second kappa shape index (κ2) is 6.17. The van der Waals surface area contributed by atoms with Crippen LogP contribution in [0.2, 0.25) is 0 Å². The first-order valence-electron chi connectivity index (χ1n) is 7.86. The smallest absolute Gasteiger partial charge is 0.198 e. The lowest BCUT2D eigenvalue weighted by Crippen LogP contribution is -1.96. The summed E-state index contributed by atoms with van der Waals surface area (Å²) in [6.45, 7) is 2.04. The quantitative estimate of drug-likeness (QED) is 0.447. The summed E-state index contributed by atoms with van der Waals surface area (Å²) in [5.74, 6) is 0. The van der Waals surface area contributed by atoms with Gasteiger partial charge in [0.15, 0.2) is 5.12 Å². The van der Waals surface area contributed by atoms with Crippen LogP contribution in [0.4, 0.5) is 0 Å². The topological polar surface area (TPSA) is 30.2 Å². The van der Waals surface area contributed by atoms with E-state index in [2.05, 4.69) is 12.1 Å². The van der Waals surface area contributed by atoms with Gasteiger partial charge in [-0.1, -0.05) is 59.8 Å². The van der Waals surface area contributed by atoms with E-state index in [1.807, 2.05) is 55.5 Å². The van der Waals surface area contributed by atoms with E-state index in [-0.39, 0.29) is 5.12 Å². The summed E-state index contributed by atoms with van der Waals surface area (Å²) in [7, 11) is 0. The number of rotatable bonds is 3. The number of carbonyl (C=O) groups excluding carboxylic acids is 1. The zero-order valence-corrected chi connectivity index (χ0v) is 14.1. The fourth-order valence-corrected chi connectivity index (χ4v) is 3.70. The Morgan fingerprint density at radius 1 is 1.00 bits per heavy atom. The molecule has 0 aliphatic heterocycles. The third kappa shape index (κ3) is 2.83. The Bertz CT molecular complexity index is 1030. The Balaban J connectivity index is 1.65. The lowest BCUT2D eigenvalue weighted by atomic mass is 10.0. The molecule has 0 spiro atoms. The molecule has 0 fully saturated rings. The molecule has 0 atom stereocenters. The summed E-state index contributed by atoms with van der Waals surface area (Å²) >= 11 is 1.28. The molecule has 2 nitrogen and oxygen atoms in total. The molecule has 0 N–H and O–H groups in total. The maximum absolute atomic E-state index is 12.5. The van der Waals surface area contributed by atoms with Crippen LogP contribution in [0.1, 0.15) is 11.1 Å². The van der Waals surface area contributed by atoms with Gasteiger partial charge in [-0.05, 0) is 35.9 Å². The first kappa shape index (κ1) is 15.0. The molecule has 3 aromatic carbocycles. The molecule has 0 bridgehead atoms. The molecule has 118 valence electrons. The molecule has 1 aromatic heterocycles. The van der Waals surface area contributed by atoms with Crippen LogP contribution < -0.4 is 0 Å². The molecule has 4 rings (SSSR count). The highest BCUT2D eigenvalue weighted by Crippen LogP contribution is 2.31. The van der Waals surface area contributed by atoms with Crippen molar-refractivity contribution in [1.29, 1.82) is 0 Å². The van der Waals surface area contributed by atoms with Crippen LogP contribution in [0, 0.1) is 6.92 Å². The van der Waals surface area contributed by atoms with Gasteiger partial charge in [-0.15, -0.1) is 0 Å². The van der Waals surface area contributed by atoms with Crippen molar-refractivity contribution in [3.8, 4) is 0 Å². The van der Waals surface area contributed by atoms with E-state index in [4.69, 9.17) is 4.42 Å². The van der Waals surface area contributed by atoms with Gasteiger partial charge < -0.3 is 4.42 Å². The second-order valence-electron chi connectivity index (χ2n) is 5.88. The molecular formula is C21H16O2S.